The molecule has 1 heterocycles. The molecule has 1 aromatic carbocycles. The van der Waals surface area contributed by atoms with Crippen molar-refractivity contribution < 1.29 is 14.1 Å². The van der Waals surface area contributed by atoms with Crippen LogP contribution in [-0.4, -0.2) is 22.7 Å². The zero-order valence-corrected chi connectivity index (χ0v) is 12.2. The summed E-state index contributed by atoms with van der Waals surface area (Å²) >= 11 is 0. The van der Waals surface area contributed by atoms with E-state index in [4.69, 9.17) is 9.26 Å². The van der Waals surface area contributed by atoms with Crippen molar-refractivity contribution in [1.29, 1.82) is 0 Å². The van der Waals surface area contributed by atoms with E-state index in [1.54, 1.807) is 13.8 Å². The fraction of sp³-hybridized carbons (Fsp3) is 0.438. The maximum atomic E-state index is 11.7. The van der Waals surface area contributed by atoms with Gasteiger partial charge in [-0.3, -0.25) is 4.79 Å². The first-order chi connectivity index (χ1) is 10.2. The number of aromatic nitrogens is 2. The molecule has 0 amide bonds. The molecule has 21 heavy (non-hydrogen) atoms. The number of rotatable bonds is 4. The first-order valence-electron chi connectivity index (χ1n) is 7.28. The van der Waals surface area contributed by atoms with Crippen molar-refractivity contribution >= 4 is 5.97 Å². The van der Waals surface area contributed by atoms with Crippen molar-refractivity contribution in [2.75, 3.05) is 6.61 Å². The molecule has 1 aliphatic carbocycles. The summed E-state index contributed by atoms with van der Waals surface area (Å²) in [5.41, 5.74) is 2.60. The summed E-state index contributed by atoms with van der Waals surface area (Å²) in [6.07, 6.45) is 2.00. The molecule has 1 aliphatic rings. The Balaban J connectivity index is 1.82. The third-order valence-electron chi connectivity index (χ3n) is 3.91. The maximum absolute atomic E-state index is 11.7. The van der Waals surface area contributed by atoms with Gasteiger partial charge in [0.1, 0.15) is 5.92 Å². The Hall–Kier alpha value is -2.17. The number of carbonyl (C=O) groups is 1. The molecular weight excluding hydrogens is 268 g/mol. The van der Waals surface area contributed by atoms with Crippen molar-refractivity contribution in [3.05, 3.63) is 47.1 Å². The van der Waals surface area contributed by atoms with E-state index in [9.17, 15) is 4.79 Å². The Morgan fingerprint density at radius 2 is 2.29 bits per heavy atom. The van der Waals surface area contributed by atoms with Crippen LogP contribution in [0.25, 0.3) is 0 Å². The zero-order valence-electron chi connectivity index (χ0n) is 12.2. The van der Waals surface area contributed by atoms with E-state index >= 15 is 0 Å². The van der Waals surface area contributed by atoms with E-state index in [0.29, 0.717) is 18.3 Å². The normalized spacial score (nSPS) is 18.3. The van der Waals surface area contributed by atoms with Gasteiger partial charge < -0.3 is 9.26 Å². The molecule has 110 valence electrons. The minimum absolute atomic E-state index is 0.160. The van der Waals surface area contributed by atoms with Gasteiger partial charge >= 0.3 is 5.97 Å². The molecule has 2 atom stereocenters. The van der Waals surface area contributed by atoms with E-state index in [2.05, 4.69) is 22.3 Å². The van der Waals surface area contributed by atoms with Gasteiger partial charge in [-0.2, -0.15) is 4.98 Å². The third kappa shape index (κ3) is 2.55. The summed E-state index contributed by atoms with van der Waals surface area (Å²) in [5, 5.41) is 4.07. The lowest BCUT2D eigenvalue weighted by Gasteiger charge is -2.06. The standard InChI is InChI=1S/C16H18N2O3/c1-3-20-16(19)10(2)15-17-14(18-21-15)13-9-8-11-6-4-5-7-12(11)13/h4-7,10,13H,3,8-9H2,1-2H3. The van der Waals surface area contributed by atoms with E-state index < -0.39 is 5.92 Å². The van der Waals surface area contributed by atoms with Crippen LogP contribution in [0.1, 0.15) is 54.9 Å². The average molecular weight is 286 g/mol. The molecule has 0 spiro atoms. The molecule has 0 fully saturated rings. The monoisotopic (exact) mass is 286 g/mol. The first-order valence-corrected chi connectivity index (χ1v) is 7.28. The lowest BCUT2D eigenvalue weighted by atomic mass is 10.0. The Morgan fingerprint density at radius 3 is 3.10 bits per heavy atom. The Kier molecular flexibility index (Phi) is 3.73. The Bertz CT molecular complexity index is 650. The van der Waals surface area contributed by atoms with E-state index in [1.165, 1.54) is 11.1 Å². The third-order valence-corrected chi connectivity index (χ3v) is 3.91. The minimum atomic E-state index is -0.525. The smallest absolute Gasteiger partial charge is 0.318 e. The van der Waals surface area contributed by atoms with Crippen LogP contribution in [-0.2, 0) is 16.0 Å². The lowest BCUT2D eigenvalue weighted by Crippen LogP contribution is -2.13. The second-order valence-electron chi connectivity index (χ2n) is 5.25. The van der Waals surface area contributed by atoms with Crippen molar-refractivity contribution in [1.82, 2.24) is 10.1 Å². The largest absolute Gasteiger partial charge is 0.465 e. The van der Waals surface area contributed by atoms with Gasteiger partial charge in [0.2, 0.25) is 5.89 Å². The zero-order chi connectivity index (χ0) is 14.8. The van der Waals surface area contributed by atoms with E-state index in [1.807, 2.05) is 12.1 Å². The summed E-state index contributed by atoms with van der Waals surface area (Å²) in [6, 6.07) is 8.32. The van der Waals surface area contributed by atoms with Crippen molar-refractivity contribution in [2.24, 2.45) is 0 Å². The van der Waals surface area contributed by atoms with Gasteiger partial charge in [-0.25, -0.2) is 0 Å². The summed E-state index contributed by atoms with van der Waals surface area (Å²) in [6.45, 7) is 3.84. The van der Waals surface area contributed by atoms with E-state index in [-0.39, 0.29) is 11.9 Å². The summed E-state index contributed by atoms with van der Waals surface area (Å²) in [7, 11) is 0. The van der Waals surface area contributed by atoms with Crippen LogP contribution in [0, 0.1) is 0 Å². The van der Waals surface area contributed by atoms with Gasteiger partial charge in [0.15, 0.2) is 5.82 Å². The molecule has 0 N–H and O–H groups in total. The molecule has 3 rings (SSSR count). The molecule has 5 nitrogen and oxygen atoms in total. The number of hydrogen-bond acceptors (Lipinski definition) is 5. The molecule has 0 saturated carbocycles. The average Bonchev–Trinajstić information content (AvgIpc) is 3.13. The number of ether oxygens (including phenoxy) is 1. The Labute approximate surface area is 123 Å². The molecule has 1 aromatic heterocycles. The fourth-order valence-electron chi connectivity index (χ4n) is 2.76. The molecular formula is C16H18N2O3. The lowest BCUT2D eigenvalue weighted by molar-refractivity contribution is -0.145. The van der Waals surface area contributed by atoms with Gasteiger partial charge in [0.25, 0.3) is 0 Å². The van der Waals surface area contributed by atoms with Crippen molar-refractivity contribution in [3.8, 4) is 0 Å². The first kappa shape index (κ1) is 13.8. The fourth-order valence-corrected chi connectivity index (χ4v) is 2.76. The van der Waals surface area contributed by atoms with Gasteiger partial charge in [0, 0.05) is 5.92 Å². The highest BCUT2D eigenvalue weighted by Crippen LogP contribution is 2.36. The molecule has 2 unspecified atom stereocenters. The molecule has 0 aliphatic heterocycles. The maximum Gasteiger partial charge on any atom is 0.318 e. The Morgan fingerprint density at radius 1 is 1.48 bits per heavy atom. The van der Waals surface area contributed by atoms with Crippen LogP contribution in [0.3, 0.4) is 0 Å². The van der Waals surface area contributed by atoms with Gasteiger partial charge in [-0.1, -0.05) is 29.4 Å². The predicted molar refractivity (Wildman–Crippen MR) is 76.0 cm³/mol. The molecule has 0 saturated heterocycles. The van der Waals surface area contributed by atoms with Crippen molar-refractivity contribution in [2.45, 2.75) is 38.5 Å². The van der Waals surface area contributed by atoms with Crippen molar-refractivity contribution in [3.63, 3.8) is 0 Å². The summed E-state index contributed by atoms with van der Waals surface area (Å²) < 4.78 is 10.2. The second kappa shape index (κ2) is 5.68. The van der Waals surface area contributed by atoms with Crippen LogP contribution < -0.4 is 0 Å². The van der Waals surface area contributed by atoms with E-state index in [0.717, 1.165) is 12.8 Å². The molecule has 5 heteroatoms. The molecule has 0 bridgehead atoms. The number of benzene rings is 1. The summed E-state index contributed by atoms with van der Waals surface area (Å²) in [4.78, 5) is 16.1. The number of carbonyl (C=O) groups excluding carboxylic acids is 1. The minimum Gasteiger partial charge on any atom is -0.465 e. The van der Waals surface area contributed by atoms with Crippen LogP contribution in [0.5, 0.6) is 0 Å². The van der Waals surface area contributed by atoms with Crippen LogP contribution >= 0.6 is 0 Å². The summed E-state index contributed by atoms with van der Waals surface area (Å²) in [5.74, 6) is 0.286. The number of esters is 1. The highest BCUT2D eigenvalue weighted by atomic mass is 16.5. The van der Waals surface area contributed by atoms with Crippen LogP contribution in [0.15, 0.2) is 28.8 Å². The van der Waals surface area contributed by atoms with Gasteiger partial charge in [-0.15, -0.1) is 0 Å². The number of aryl methyl sites for hydroxylation is 1. The highest BCUT2D eigenvalue weighted by molar-refractivity contribution is 5.76. The second-order valence-corrected chi connectivity index (χ2v) is 5.25. The topological polar surface area (TPSA) is 65.2 Å². The number of nitrogens with zero attached hydrogens (tertiary/aromatic N) is 2. The van der Waals surface area contributed by atoms with Crippen LogP contribution in [0.4, 0.5) is 0 Å². The quantitative estimate of drug-likeness (QED) is 0.809. The predicted octanol–water partition coefficient (Wildman–Crippen LogP) is 2.81. The van der Waals surface area contributed by atoms with Gasteiger partial charge in [-0.05, 0) is 37.8 Å². The SMILES string of the molecule is CCOC(=O)C(C)c1nc(C2CCc3ccccc32)no1. The molecule has 0 radical (unpaired) electrons. The number of fused-ring (bicyclic) bond motifs is 1. The highest BCUT2D eigenvalue weighted by Gasteiger charge is 2.30. The van der Waals surface area contributed by atoms with Gasteiger partial charge in [0.05, 0.1) is 6.61 Å². The number of hydrogen-bond donors (Lipinski definition) is 0. The van der Waals surface area contributed by atoms with Crippen LogP contribution in [0.2, 0.25) is 0 Å². The molecule has 2 aromatic rings.